The van der Waals surface area contributed by atoms with Crippen molar-refractivity contribution in [2.75, 3.05) is 0 Å². The summed E-state index contributed by atoms with van der Waals surface area (Å²) in [7, 11) is -2.54. The molecule has 13 heteroatoms. The number of fused-ring (bicyclic) bond motifs is 1. The van der Waals surface area contributed by atoms with Crippen LogP contribution < -0.4 is 22.1 Å². The number of hydrogen-bond acceptors (Lipinski definition) is 9. The van der Waals surface area contributed by atoms with Crippen LogP contribution in [0.3, 0.4) is 0 Å². The van der Waals surface area contributed by atoms with Gasteiger partial charge in [0, 0.05) is 12.3 Å². The summed E-state index contributed by atoms with van der Waals surface area (Å²) in [5, 5.41) is 13.4. The first kappa shape index (κ1) is 21.8. The second-order valence-electron chi connectivity index (χ2n) is 7.65. The van der Waals surface area contributed by atoms with Crippen molar-refractivity contribution in [2.24, 2.45) is 5.73 Å². The van der Waals surface area contributed by atoms with Gasteiger partial charge in [-0.1, -0.05) is 5.09 Å². The quantitative estimate of drug-likeness (QED) is 0.305. The Bertz CT molecular complexity index is 943. The van der Waals surface area contributed by atoms with Crippen molar-refractivity contribution < 1.29 is 28.5 Å². The van der Waals surface area contributed by atoms with Crippen molar-refractivity contribution in [2.45, 2.75) is 69.4 Å². The third-order valence-electron chi connectivity index (χ3n) is 5.00. The number of aromatic nitrogens is 2. The second kappa shape index (κ2) is 7.38. The Kier molecular flexibility index (Phi) is 5.54. The molecular weight excluding hydrogens is 407 g/mol. The maximum absolute atomic E-state index is 12.2. The van der Waals surface area contributed by atoms with Gasteiger partial charge in [-0.05, 0) is 32.3 Å². The SMILES string of the molecule is CC(C)OC(=O)[C@@H](C)N[P+](=O)OC1[C@H]2O[C@@H](n3ccc(=O)[nH]c3=O)[C@](C)(N)[C@@]12O. The third-order valence-corrected chi connectivity index (χ3v) is 6.02. The number of carbonyl (C=O) groups is 1. The fourth-order valence-electron chi connectivity index (χ4n) is 3.36. The Morgan fingerprint density at radius 3 is 2.62 bits per heavy atom. The number of nitrogens with one attached hydrogen (secondary N) is 2. The summed E-state index contributed by atoms with van der Waals surface area (Å²) in [5.74, 6) is -0.598. The van der Waals surface area contributed by atoms with Crippen LogP contribution in [0.15, 0.2) is 21.9 Å². The van der Waals surface area contributed by atoms with Crippen LogP contribution in [0.5, 0.6) is 0 Å². The van der Waals surface area contributed by atoms with E-state index < -0.39 is 61.0 Å². The van der Waals surface area contributed by atoms with Crippen LogP contribution in [-0.2, 0) is 23.4 Å². The number of ether oxygens (including phenoxy) is 2. The van der Waals surface area contributed by atoms with E-state index in [0.29, 0.717) is 0 Å². The molecule has 2 fully saturated rings. The minimum absolute atomic E-state index is 0.325. The van der Waals surface area contributed by atoms with E-state index in [1.807, 2.05) is 0 Å². The van der Waals surface area contributed by atoms with Gasteiger partial charge in [-0.3, -0.25) is 19.1 Å². The molecule has 0 radical (unpaired) electrons. The molecule has 7 atom stereocenters. The van der Waals surface area contributed by atoms with E-state index in [2.05, 4.69) is 10.1 Å². The molecular formula is C16H24N4O8P+. The Morgan fingerprint density at radius 2 is 2.10 bits per heavy atom. The lowest BCUT2D eigenvalue weighted by Gasteiger charge is -2.33. The number of rotatable bonds is 7. The molecule has 160 valence electrons. The van der Waals surface area contributed by atoms with Gasteiger partial charge in [-0.25, -0.2) is 4.79 Å². The average molecular weight is 431 g/mol. The van der Waals surface area contributed by atoms with E-state index in [0.717, 1.165) is 10.6 Å². The highest BCUT2D eigenvalue weighted by Gasteiger charge is 2.84. The molecule has 1 aromatic rings. The summed E-state index contributed by atoms with van der Waals surface area (Å²) < 4.78 is 29.3. The van der Waals surface area contributed by atoms with Crippen LogP contribution in [0.25, 0.3) is 0 Å². The molecule has 2 aliphatic rings. The highest BCUT2D eigenvalue weighted by atomic mass is 31.1. The van der Waals surface area contributed by atoms with Gasteiger partial charge in [0.1, 0.15) is 17.7 Å². The van der Waals surface area contributed by atoms with E-state index in [9.17, 15) is 24.1 Å². The molecule has 2 heterocycles. The molecule has 1 saturated heterocycles. The molecule has 0 aromatic carbocycles. The molecule has 0 bridgehead atoms. The van der Waals surface area contributed by atoms with Crippen molar-refractivity contribution in [3.63, 3.8) is 0 Å². The lowest BCUT2D eigenvalue weighted by molar-refractivity contribution is -0.149. The van der Waals surface area contributed by atoms with Gasteiger partial charge in [0.05, 0.1) is 11.6 Å². The van der Waals surface area contributed by atoms with Crippen molar-refractivity contribution in [1.29, 1.82) is 0 Å². The summed E-state index contributed by atoms with van der Waals surface area (Å²) in [6, 6.07) is 0.230. The summed E-state index contributed by atoms with van der Waals surface area (Å²) >= 11 is 0. The minimum Gasteiger partial charge on any atom is -0.462 e. The van der Waals surface area contributed by atoms with Crippen molar-refractivity contribution >= 4 is 14.1 Å². The molecule has 0 spiro atoms. The maximum Gasteiger partial charge on any atom is 0.614 e. The van der Waals surface area contributed by atoms with Gasteiger partial charge in [0.25, 0.3) is 5.56 Å². The monoisotopic (exact) mass is 431 g/mol. The number of hydrogen-bond donors (Lipinski definition) is 4. The van der Waals surface area contributed by atoms with Crippen LogP contribution in [0.1, 0.15) is 33.9 Å². The molecule has 1 saturated carbocycles. The molecule has 12 nitrogen and oxygen atoms in total. The highest BCUT2D eigenvalue weighted by Crippen LogP contribution is 2.61. The lowest BCUT2D eigenvalue weighted by atomic mass is 9.92. The number of aromatic amines is 1. The Morgan fingerprint density at radius 1 is 1.45 bits per heavy atom. The van der Waals surface area contributed by atoms with Crippen LogP contribution in [-0.4, -0.2) is 56.1 Å². The van der Waals surface area contributed by atoms with Crippen molar-refractivity contribution in [3.8, 4) is 0 Å². The summed E-state index contributed by atoms with van der Waals surface area (Å²) in [6.45, 7) is 6.30. The van der Waals surface area contributed by atoms with Crippen molar-refractivity contribution in [1.82, 2.24) is 14.6 Å². The Hall–Kier alpha value is -1.95. The zero-order chi connectivity index (χ0) is 21.7. The third kappa shape index (κ3) is 3.67. The van der Waals surface area contributed by atoms with Gasteiger partial charge in [0.15, 0.2) is 12.3 Å². The number of carbonyl (C=O) groups excluding carboxylic acids is 1. The van der Waals surface area contributed by atoms with E-state index in [4.69, 9.17) is 19.7 Å². The van der Waals surface area contributed by atoms with E-state index in [1.165, 1.54) is 20.0 Å². The summed E-state index contributed by atoms with van der Waals surface area (Å²) in [5.41, 5.74) is 1.71. The first-order chi connectivity index (χ1) is 13.4. The fourth-order valence-corrected chi connectivity index (χ4v) is 4.32. The topological polar surface area (TPSA) is 175 Å². The smallest absolute Gasteiger partial charge is 0.462 e. The van der Waals surface area contributed by atoms with Crippen LogP contribution in [0, 0.1) is 0 Å². The average Bonchev–Trinajstić information content (AvgIpc) is 3.08. The predicted molar refractivity (Wildman–Crippen MR) is 99.1 cm³/mol. The van der Waals surface area contributed by atoms with E-state index >= 15 is 0 Å². The van der Waals surface area contributed by atoms with Gasteiger partial charge in [-0.2, -0.15) is 0 Å². The predicted octanol–water partition coefficient (Wildman–Crippen LogP) is -1.13. The zero-order valence-corrected chi connectivity index (χ0v) is 17.2. The minimum atomic E-state index is -2.54. The van der Waals surface area contributed by atoms with E-state index in [1.54, 1.807) is 13.8 Å². The van der Waals surface area contributed by atoms with E-state index in [-0.39, 0.29) is 6.10 Å². The molecule has 5 N–H and O–H groups in total. The largest absolute Gasteiger partial charge is 0.614 e. The van der Waals surface area contributed by atoms with Gasteiger partial charge >= 0.3 is 19.8 Å². The van der Waals surface area contributed by atoms with Gasteiger partial charge < -0.3 is 20.3 Å². The summed E-state index contributed by atoms with van der Waals surface area (Å²) in [4.78, 5) is 37.1. The second-order valence-corrected chi connectivity index (χ2v) is 8.64. The molecule has 2 unspecified atom stereocenters. The van der Waals surface area contributed by atoms with Gasteiger partial charge in [-0.15, -0.1) is 4.52 Å². The molecule has 29 heavy (non-hydrogen) atoms. The van der Waals surface area contributed by atoms with Gasteiger partial charge in [0.2, 0.25) is 0 Å². The summed E-state index contributed by atoms with van der Waals surface area (Å²) in [6.07, 6.45) is -2.16. The Labute approximate surface area is 166 Å². The molecule has 0 amide bonds. The van der Waals surface area contributed by atoms with Crippen LogP contribution in [0.2, 0.25) is 0 Å². The Balaban J connectivity index is 1.66. The lowest BCUT2D eigenvalue weighted by Crippen LogP contribution is -2.57. The molecule has 1 aliphatic carbocycles. The highest BCUT2D eigenvalue weighted by molar-refractivity contribution is 7.36. The number of esters is 1. The molecule has 3 rings (SSSR count). The molecule has 1 aliphatic heterocycles. The normalized spacial score (nSPS) is 34.6. The van der Waals surface area contributed by atoms with Crippen LogP contribution in [0.4, 0.5) is 0 Å². The standard InChI is InChI=1S/C16H23N4O8P/c1-7(2)26-12(22)8(3)19-29(25)28-11-10-16(11,24)15(4,17)13(27-10)20-6-5-9(21)18-14(20)23/h5-8,10-11,13,24H,17H2,1-4H3,(H-,18,19,21,23,25)/p+1/t8-,10-,11?,13-,15+,16+/m1/s1. The number of aliphatic hydroxyl groups is 1. The first-order valence-electron chi connectivity index (χ1n) is 8.98. The van der Waals surface area contributed by atoms with Crippen molar-refractivity contribution in [3.05, 3.63) is 33.1 Å². The number of nitrogens with zero attached hydrogens (tertiary/aromatic N) is 1. The first-order valence-corrected chi connectivity index (χ1v) is 10.2. The fraction of sp³-hybridized carbons (Fsp3) is 0.688. The maximum atomic E-state index is 12.2. The zero-order valence-electron chi connectivity index (χ0n) is 16.3. The van der Waals surface area contributed by atoms with Crippen LogP contribution >= 0.6 is 8.18 Å². The number of H-pyrrole nitrogens is 1. The molecule has 1 aromatic heterocycles. The number of nitrogens with two attached hydrogens (primary N) is 1.